The van der Waals surface area contributed by atoms with Crippen molar-refractivity contribution in [3.05, 3.63) is 22.0 Å². The Morgan fingerprint density at radius 3 is 2.44 bits per heavy atom. The number of fused-ring (bicyclic) bond motifs is 1. The van der Waals surface area contributed by atoms with E-state index in [0.29, 0.717) is 47.4 Å². The van der Waals surface area contributed by atoms with Gasteiger partial charge in [0.1, 0.15) is 17.2 Å². The molecule has 10 nitrogen and oxygen atoms in total. The van der Waals surface area contributed by atoms with Crippen LogP contribution >= 0.6 is 0 Å². The minimum atomic E-state index is -0.775. The van der Waals surface area contributed by atoms with Gasteiger partial charge in [-0.1, -0.05) is 0 Å². The molecule has 0 aliphatic heterocycles. The van der Waals surface area contributed by atoms with Gasteiger partial charge in [-0.2, -0.15) is 0 Å². The summed E-state index contributed by atoms with van der Waals surface area (Å²) >= 11 is 0. The van der Waals surface area contributed by atoms with E-state index < -0.39 is 5.09 Å². The van der Waals surface area contributed by atoms with Crippen LogP contribution < -0.4 is 19.5 Å². The lowest BCUT2D eigenvalue weighted by molar-refractivity contribution is -0.757. The van der Waals surface area contributed by atoms with E-state index in [2.05, 4.69) is 20.1 Å². The van der Waals surface area contributed by atoms with E-state index in [9.17, 15) is 10.1 Å². The lowest BCUT2D eigenvalue weighted by Gasteiger charge is -2.16. The molecule has 0 saturated heterocycles. The van der Waals surface area contributed by atoms with Gasteiger partial charge in [0.05, 0.1) is 33.3 Å². The summed E-state index contributed by atoms with van der Waals surface area (Å²) in [4.78, 5) is 23.4. The molecule has 1 aromatic carbocycles. The van der Waals surface area contributed by atoms with Crippen LogP contribution in [0.4, 0.5) is 5.82 Å². The van der Waals surface area contributed by atoms with E-state index in [-0.39, 0.29) is 6.61 Å². The number of unbranched alkanes of at least 4 members (excludes halogenated alkanes) is 2. The van der Waals surface area contributed by atoms with Gasteiger partial charge in [0.25, 0.3) is 5.09 Å². The molecule has 0 saturated carbocycles. The molecule has 27 heavy (non-hydrogen) atoms. The van der Waals surface area contributed by atoms with Crippen LogP contribution in [0.15, 0.2) is 6.07 Å². The number of benzene rings is 1. The Morgan fingerprint density at radius 2 is 1.81 bits per heavy atom. The summed E-state index contributed by atoms with van der Waals surface area (Å²) in [6, 6.07) is 1.81. The van der Waals surface area contributed by atoms with E-state index in [1.165, 1.54) is 0 Å². The third-order valence-electron chi connectivity index (χ3n) is 3.92. The summed E-state index contributed by atoms with van der Waals surface area (Å²) in [5.41, 5.74) is 0.629. The van der Waals surface area contributed by atoms with Crippen LogP contribution in [0.3, 0.4) is 0 Å². The van der Waals surface area contributed by atoms with Gasteiger partial charge in [-0.3, -0.25) is 0 Å². The molecular formula is C17H24N4O6. The van der Waals surface area contributed by atoms with Crippen molar-refractivity contribution in [2.45, 2.75) is 26.2 Å². The van der Waals surface area contributed by atoms with Gasteiger partial charge >= 0.3 is 0 Å². The number of aryl methyl sites for hydroxylation is 1. The Kier molecular flexibility index (Phi) is 7.21. The summed E-state index contributed by atoms with van der Waals surface area (Å²) in [6.07, 6.45) is 2.23. The van der Waals surface area contributed by atoms with Gasteiger partial charge in [-0.25, -0.2) is 9.97 Å². The molecule has 10 heteroatoms. The van der Waals surface area contributed by atoms with Crippen molar-refractivity contribution in [1.29, 1.82) is 0 Å². The fraction of sp³-hybridized carbons (Fsp3) is 0.529. The standard InChI is InChI=1S/C17H24N4O6/c1-11-19-14-12(10-13(24-2)15(25-3)16(14)26-4)17(20-11)18-8-6-5-7-9-27-21(22)23/h10H,5-9H2,1-4H3,(H,18,19,20). The lowest BCUT2D eigenvalue weighted by Crippen LogP contribution is -2.08. The Bertz CT molecular complexity index is 799. The Morgan fingerprint density at radius 1 is 1.07 bits per heavy atom. The van der Waals surface area contributed by atoms with Crippen LogP contribution in [0.5, 0.6) is 17.2 Å². The first-order valence-corrected chi connectivity index (χ1v) is 8.50. The normalized spacial score (nSPS) is 10.5. The highest BCUT2D eigenvalue weighted by molar-refractivity contribution is 5.96. The van der Waals surface area contributed by atoms with Crippen molar-refractivity contribution in [2.24, 2.45) is 0 Å². The molecule has 0 amide bonds. The smallest absolute Gasteiger partial charge is 0.294 e. The lowest BCUT2D eigenvalue weighted by atomic mass is 10.1. The molecule has 2 aromatic rings. The Labute approximate surface area is 156 Å². The van der Waals surface area contributed by atoms with E-state index >= 15 is 0 Å². The van der Waals surface area contributed by atoms with Gasteiger partial charge in [0.15, 0.2) is 11.5 Å². The van der Waals surface area contributed by atoms with Gasteiger partial charge in [0, 0.05) is 6.54 Å². The number of methoxy groups -OCH3 is 3. The number of hydrogen-bond acceptors (Lipinski definition) is 9. The number of ether oxygens (including phenoxy) is 3. The topological polar surface area (TPSA) is 118 Å². The molecule has 148 valence electrons. The van der Waals surface area contributed by atoms with E-state index in [1.54, 1.807) is 28.3 Å². The predicted molar refractivity (Wildman–Crippen MR) is 99.2 cm³/mol. The molecule has 2 rings (SSSR count). The number of rotatable bonds is 11. The average molecular weight is 380 g/mol. The SMILES string of the molecule is COc1cc2c(NCCCCCO[N+](=O)[O-])nc(C)nc2c(OC)c1OC. The molecule has 0 unspecified atom stereocenters. The quantitative estimate of drug-likeness (QED) is 0.356. The number of hydrogen-bond donors (Lipinski definition) is 1. The van der Waals surface area contributed by atoms with Crippen molar-refractivity contribution < 1.29 is 24.1 Å². The molecule has 0 spiro atoms. The molecule has 1 N–H and O–H groups in total. The second-order valence-corrected chi connectivity index (χ2v) is 5.71. The molecule has 0 atom stereocenters. The molecule has 0 bridgehead atoms. The Balaban J connectivity index is 2.18. The zero-order valence-corrected chi connectivity index (χ0v) is 15.9. The third kappa shape index (κ3) is 4.99. The van der Waals surface area contributed by atoms with E-state index in [4.69, 9.17) is 14.2 Å². The van der Waals surface area contributed by atoms with Crippen LogP contribution in [-0.2, 0) is 4.84 Å². The monoisotopic (exact) mass is 380 g/mol. The first-order valence-electron chi connectivity index (χ1n) is 8.50. The highest BCUT2D eigenvalue weighted by Gasteiger charge is 2.20. The molecule has 0 radical (unpaired) electrons. The molecule has 0 aliphatic rings. The second-order valence-electron chi connectivity index (χ2n) is 5.71. The van der Waals surface area contributed by atoms with Crippen molar-refractivity contribution in [3.8, 4) is 17.2 Å². The van der Waals surface area contributed by atoms with Crippen LogP contribution in [0, 0.1) is 17.0 Å². The van der Waals surface area contributed by atoms with Gasteiger partial charge in [0.2, 0.25) is 5.75 Å². The van der Waals surface area contributed by atoms with Crippen LogP contribution in [0.2, 0.25) is 0 Å². The molecule has 1 heterocycles. The number of aromatic nitrogens is 2. The Hall–Kier alpha value is -3.04. The van der Waals surface area contributed by atoms with Crippen LogP contribution in [-0.4, -0.2) is 49.5 Å². The van der Waals surface area contributed by atoms with Gasteiger partial charge in [-0.05, 0) is 32.3 Å². The second kappa shape index (κ2) is 9.60. The summed E-state index contributed by atoms with van der Waals surface area (Å²) < 4.78 is 16.3. The summed E-state index contributed by atoms with van der Waals surface area (Å²) in [7, 11) is 4.65. The highest BCUT2D eigenvalue weighted by Crippen LogP contribution is 2.44. The van der Waals surface area contributed by atoms with Gasteiger partial charge < -0.3 is 24.4 Å². The maximum atomic E-state index is 10.1. The van der Waals surface area contributed by atoms with Crippen molar-refractivity contribution in [2.75, 3.05) is 39.8 Å². The fourth-order valence-electron chi connectivity index (χ4n) is 2.73. The molecular weight excluding hydrogens is 356 g/mol. The number of nitrogens with one attached hydrogen (secondary N) is 1. The molecule has 0 fully saturated rings. The molecule has 0 aliphatic carbocycles. The van der Waals surface area contributed by atoms with E-state index in [1.807, 2.05) is 6.07 Å². The van der Waals surface area contributed by atoms with Gasteiger partial charge in [-0.15, -0.1) is 10.1 Å². The maximum absolute atomic E-state index is 10.1. The van der Waals surface area contributed by atoms with Crippen molar-refractivity contribution in [1.82, 2.24) is 9.97 Å². The largest absolute Gasteiger partial charge is 0.493 e. The highest BCUT2D eigenvalue weighted by atomic mass is 16.9. The van der Waals surface area contributed by atoms with Crippen molar-refractivity contribution >= 4 is 16.7 Å². The first-order chi connectivity index (χ1) is 13.0. The fourth-order valence-corrected chi connectivity index (χ4v) is 2.73. The van der Waals surface area contributed by atoms with Crippen molar-refractivity contribution in [3.63, 3.8) is 0 Å². The minimum absolute atomic E-state index is 0.108. The first kappa shape index (κ1) is 20.3. The maximum Gasteiger partial charge on any atom is 0.294 e. The molecule has 1 aromatic heterocycles. The van der Waals surface area contributed by atoms with Crippen LogP contribution in [0.25, 0.3) is 10.9 Å². The summed E-state index contributed by atoms with van der Waals surface area (Å²) in [6.45, 7) is 2.56. The van der Waals surface area contributed by atoms with E-state index in [0.717, 1.165) is 18.2 Å². The number of nitrogens with zero attached hydrogens (tertiary/aromatic N) is 3. The predicted octanol–water partition coefficient (Wildman–Crippen LogP) is 2.75. The summed E-state index contributed by atoms with van der Waals surface area (Å²) in [5, 5.41) is 13.4. The number of anilines is 1. The zero-order chi connectivity index (χ0) is 19.8. The zero-order valence-electron chi connectivity index (χ0n) is 15.9. The van der Waals surface area contributed by atoms with Crippen LogP contribution in [0.1, 0.15) is 25.1 Å². The third-order valence-corrected chi connectivity index (χ3v) is 3.92. The average Bonchev–Trinajstić information content (AvgIpc) is 2.65. The summed E-state index contributed by atoms with van der Waals surface area (Å²) in [5.74, 6) is 2.74. The minimum Gasteiger partial charge on any atom is -0.493 e.